The van der Waals surface area contributed by atoms with E-state index in [2.05, 4.69) is 9.88 Å². The number of pyridine rings is 1. The van der Waals surface area contributed by atoms with Gasteiger partial charge in [-0.15, -0.1) is 0 Å². The number of furan rings is 1. The number of fused-ring (bicyclic) bond motifs is 1. The maximum atomic E-state index is 9.22. The standard InChI is InChI=1S/C13H17BN2O4/c1-8-6-16(7-9(2)19-8)13-10-5-12(14(17)18)20-11(10)3-4-15-13/h3-5,8-9,17-18H,6-7H2,1-2H3/t8-,9+. The van der Waals surface area contributed by atoms with Gasteiger partial charge in [0.15, 0.2) is 0 Å². The molecule has 2 N–H and O–H groups in total. The fourth-order valence-electron chi connectivity index (χ4n) is 2.70. The number of hydrogen-bond acceptors (Lipinski definition) is 6. The highest BCUT2D eigenvalue weighted by Crippen LogP contribution is 2.27. The summed E-state index contributed by atoms with van der Waals surface area (Å²) in [5.74, 6) is 0.792. The maximum absolute atomic E-state index is 9.22. The fraction of sp³-hybridized carbons (Fsp3) is 0.462. The summed E-state index contributed by atoms with van der Waals surface area (Å²) in [6.45, 7) is 5.55. The molecule has 0 radical (unpaired) electrons. The zero-order valence-electron chi connectivity index (χ0n) is 11.5. The number of anilines is 1. The third-order valence-corrected chi connectivity index (χ3v) is 3.42. The van der Waals surface area contributed by atoms with Crippen molar-refractivity contribution in [1.82, 2.24) is 4.98 Å². The number of morpholine rings is 1. The Bertz CT molecular complexity index is 605. The second-order valence-electron chi connectivity index (χ2n) is 5.23. The van der Waals surface area contributed by atoms with Gasteiger partial charge in [-0.3, -0.25) is 0 Å². The summed E-state index contributed by atoms with van der Waals surface area (Å²) in [6, 6.07) is 3.35. The lowest BCUT2D eigenvalue weighted by Crippen LogP contribution is -2.45. The van der Waals surface area contributed by atoms with E-state index in [0.29, 0.717) is 5.58 Å². The molecule has 1 aliphatic rings. The van der Waals surface area contributed by atoms with Gasteiger partial charge in [0, 0.05) is 19.3 Å². The Morgan fingerprint density at radius 3 is 2.65 bits per heavy atom. The number of nitrogens with zero attached hydrogens (tertiary/aromatic N) is 2. The van der Waals surface area contributed by atoms with Crippen molar-refractivity contribution in [3.05, 3.63) is 18.3 Å². The highest BCUT2D eigenvalue weighted by molar-refractivity contribution is 6.57. The SMILES string of the molecule is C[C@@H]1CN(c2nccc3oc(B(O)O)cc23)C[C@H](C)O1. The number of hydrogen-bond donors (Lipinski definition) is 2. The van der Waals surface area contributed by atoms with Crippen LogP contribution in [0, 0.1) is 0 Å². The molecular weight excluding hydrogens is 259 g/mol. The summed E-state index contributed by atoms with van der Waals surface area (Å²) in [5, 5.41) is 19.2. The summed E-state index contributed by atoms with van der Waals surface area (Å²) in [4.78, 5) is 6.56. The van der Waals surface area contributed by atoms with Crippen LogP contribution in [0.2, 0.25) is 0 Å². The molecule has 0 aromatic carbocycles. The molecular formula is C13H17BN2O4. The van der Waals surface area contributed by atoms with Gasteiger partial charge in [-0.05, 0) is 26.0 Å². The van der Waals surface area contributed by atoms with Gasteiger partial charge in [0.05, 0.1) is 17.6 Å². The fourth-order valence-corrected chi connectivity index (χ4v) is 2.70. The van der Waals surface area contributed by atoms with Crippen molar-refractivity contribution in [3.8, 4) is 0 Å². The smallest absolute Gasteiger partial charge is 0.464 e. The lowest BCUT2D eigenvalue weighted by molar-refractivity contribution is -0.00536. The molecule has 20 heavy (non-hydrogen) atoms. The molecule has 6 nitrogen and oxygen atoms in total. The van der Waals surface area contributed by atoms with Crippen LogP contribution in [0.5, 0.6) is 0 Å². The van der Waals surface area contributed by atoms with E-state index >= 15 is 0 Å². The van der Waals surface area contributed by atoms with Crippen LogP contribution in [0.25, 0.3) is 11.0 Å². The van der Waals surface area contributed by atoms with Crippen LogP contribution < -0.4 is 10.6 Å². The average Bonchev–Trinajstić information content (AvgIpc) is 2.81. The summed E-state index contributed by atoms with van der Waals surface area (Å²) in [7, 11) is -1.61. The van der Waals surface area contributed by atoms with Crippen LogP contribution in [0.3, 0.4) is 0 Å². The van der Waals surface area contributed by atoms with Gasteiger partial charge in [0.25, 0.3) is 0 Å². The predicted octanol–water partition coefficient (Wildman–Crippen LogP) is 0.121. The first-order chi connectivity index (χ1) is 9.54. The van der Waals surface area contributed by atoms with Gasteiger partial charge in [0.1, 0.15) is 17.1 Å². The Balaban J connectivity index is 2.02. The molecule has 0 spiro atoms. The Hall–Kier alpha value is -1.57. The molecule has 2 aromatic rings. The maximum Gasteiger partial charge on any atom is 0.526 e. The van der Waals surface area contributed by atoms with Gasteiger partial charge < -0.3 is 24.1 Å². The van der Waals surface area contributed by atoms with Gasteiger partial charge in [0.2, 0.25) is 0 Å². The zero-order chi connectivity index (χ0) is 14.3. The normalized spacial score (nSPS) is 23.3. The van der Waals surface area contributed by atoms with Crippen molar-refractivity contribution in [2.75, 3.05) is 18.0 Å². The van der Waals surface area contributed by atoms with Gasteiger partial charge >= 0.3 is 7.12 Å². The quantitative estimate of drug-likeness (QED) is 0.759. The van der Waals surface area contributed by atoms with E-state index in [0.717, 1.165) is 24.3 Å². The summed E-state index contributed by atoms with van der Waals surface area (Å²) in [6.07, 6.45) is 1.93. The molecule has 0 saturated carbocycles. The third-order valence-electron chi connectivity index (χ3n) is 3.42. The largest absolute Gasteiger partial charge is 0.526 e. The van der Waals surface area contributed by atoms with Crippen LogP contribution >= 0.6 is 0 Å². The minimum absolute atomic E-state index is 0.128. The van der Waals surface area contributed by atoms with E-state index in [1.54, 1.807) is 18.3 Å². The lowest BCUT2D eigenvalue weighted by atomic mass is 9.88. The third kappa shape index (κ3) is 2.39. The molecule has 7 heteroatoms. The Morgan fingerprint density at radius 1 is 1.30 bits per heavy atom. The van der Waals surface area contributed by atoms with E-state index in [1.807, 2.05) is 13.8 Å². The van der Waals surface area contributed by atoms with Crippen molar-refractivity contribution in [3.63, 3.8) is 0 Å². The number of ether oxygens (including phenoxy) is 1. The van der Waals surface area contributed by atoms with E-state index < -0.39 is 7.12 Å². The lowest BCUT2D eigenvalue weighted by Gasteiger charge is -2.36. The first-order valence-electron chi connectivity index (χ1n) is 6.69. The molecule has 0 aliphatic carbocycles. The molecule has 1 saturated heterocycles. The zero-order valence-corrected chi connectivity index (χ0v) is 11.5. The molecule has 106 valence electrons. The first kappa shape index (κ1) is 13.4. The molecule has 1 aliphatic heterocycles. The topological polar surface area (TPSA) is 79.0 Å². The monoisotopic (exact) mass is 276 g/mol. The highest BCUT2D eigenvalue weighted by atomic mass is 16.5. The van der Waals surface area contributed by atoms with Crippen LogP contribution in [0.4, 0.5) is 5.82 Å². The molecule has 3 rings (SSSR count). The van der Waals surface area contributed by atoms with E-state index in [4.69, 9.17) is 9.15 Å². The van der Waals surface area contributed by atoms with Crippen molar-refractivity contribution in [2.24, 2.45) is 0 Å². The molecule has 2 aromatic heterocycles. The van der Waals surface area contributed by atoms with Crippen molar-refractivity contribution in [2.45, 2.75) is 26.1 Å². The van der Waals surface area contributed by atoms with E-state index in [-0.39, 0.29) is 17.9 Å². The number of rotatable bonds is 2. The Kier molecular flexibility index (Phi) is 3.41. The van der Waals surface area contributed by atoms with Crippen LogP contribution in [-0.2, 0) is 4.74 Å². The summed E-state index contributed by atoms with van der Waals surface area (Å²) >= 11 is 0. The van der Waals surface area contributed by atoms with E-state index in [9.17, 15) is 10.0 Å². The van der Waals surface area contributed by atoms with Gasteiger partial charge in [-0.2, -0.15) is 0 Å². The second kappa shape index (κ2) is 5.08. The van der Waals surface area contributed by atoms with Gasteiger partial charge in [-0.25, -0.2) is 4.98 Å². The molecule has 2 atom stereocenters. The summed E-state index contributed by atoms with van der Waals surface area (Å²) < 4.78 is 11.1. The van der Waals surface area contributed by atoms with E-state index in [1.165, 1.54) is 0 Å². The Morgan fingerprint density at radius 2 is 2.00 bits per heavy atom. The average molecular weight is 276 g/mol. The Labute approximate surface area is 117 Å². The summed E-state index contributed by atoms with van der Waals surface area (Å²) in [5.41, 5.74) is 0.730. The number of aromatic nitrogens is 1. The van der Waals surface area contributed by atoms with Crippen molar-refractivity contribution >= 4 is 29.6 Å². The highest BCUT2D eigenvalue weighted by Gasteiger charge is 2.26. The minimum atomic E-state index is -1.61. The van der Waals surface area contributed by atoms with Crippen molar-refractivity contribution in [1.29, 1.82) is 0 Å². The van der Waals surface area contributed by atoms with Crippen molar-refractivity contribution < 1.29 is 19.2 Å². The molecule has 0 amide bonds. The molecule has 0 bridgehead atoms. The van der Waals surface area contributed by atoms with Gasteiger partial charge in [-0.1, -0.05) is 0 Å². The molecule has 3 heterocycles. The van der Waals surface area contributed by atoms with Crippen LogP contribution in [0.1, 0.15) is 13.8 Å². The minimum Gasteiger partial charge on any atom is -0.464 e. The molecule has 0 unspecified atom stereocenters. The molecule has 1 fully saturated rings. The first-order valence-corrected chi connectivity index (χ1v) is 6.69. The van der Waals surface area contributed by atoms with Crippen LogP contribution in [0.15, 0.2) is 22.7 Å². The second-order valence-corrected chi connectivity index (χ2v) is 5.23. The van der Waals surface area contributed by atoms with Crippen LogP contribution in [-0.4, -0.2) is 47.4 Å². The predicted molar refractivity (Wildman–Crippen MR) is 76.1 cm³/mol.